The number of amides is 1. The van der Waals surface area contributed by atoms with Gasteiger partial charge in [0.1, 0.15) is 0 Å². The third-order valence-electron chi connectivity index (χ3n) is 3.14. The molecule has 19 heavy (non-hydrogen) atoms. The van der Waals surface area contributed by atoms with Gasteiger partial charge in [0.15, 0.2) is 0 Å². The molecule has 1 aromatic carbocycles. The van der Waals surface area contributed by atoms with E-state index in [-0.39, 0.29) is 5.91 Å². The smallest absolute Gasteiger partial charge is 0.253 e. The van der Waals surface area contributed by atoms with E-state index in [1.54, 1.807) is 0 Å². The Bertz CT molecular complexity index is 536. The Hall–Kier alpha value is -1.42. The zero-order valence-electron chi connectivity index (χ0n) is 11.2. The maximum atomic E-state index is 12.1. The molecule has 0 aliphatic heterocycles. The molecule has 0 aliphatic rings. The van der Waals surface area contributed by atoms with E-state index < -0.39 is 0 Å². The van der Waals surface area contributed by atoms with Crippen LogP contribution in [0.4, 0.5) is 0 Å². The van der Waals surface area contributed by atoms with Crippen molar-refractivity contribution in [3.63, 3.8) is 0 Å². The molecule has 2 N–H and O–H groups in total. The minimum atomic E-state index is 0.0120. The summed E-state index contributed by atoms with van der Waals surface area (Å²) in [6.45, 7) is 0.754. The molecule has 1 amide bonds. The summed E-state index contributed by atoms with van der Waals surface area (Å²) in [5, 5.41) is 4.07. The maximum Gasteiger partial charge on any atom is 0.253 e. The lowest BCUT2D eigenvalue weighted by Gasteiger charge is -2.06. The van der Waals surface area contributed by atoms with Gasteiger partial charge >= 0.3 is 0 Å². The van der Waals surface area contributed by atoms with Gasteiger partial charge in [-0.25, -0.2) is 0 Å². The number of H-pyrrole nitrogens is 1. The number of thioether (sulfide) groups is 1. The van der Waals surface area contributed by atoms with Crippen LogP contribution < -0.4 is 5.32 Å². The predicted molar refractivity (Wildman–Crippen MR) is 82.9 cm³/mol. The molecular weight excluding hydrogens is 256 g/mol. The van der Waals surface area contributed by atoms with E-state index in [1.807, 2.05) is 42.2 Å². The number of nitrogens with one attached hydrogen (secondary N) is 2. The van der Waals surface area contributed by atoms with Gasteiger partial charge in [-0.2, -0.15) is 11.8 Å². The van der Waals surface area contributed by atoms with Gasteiger partial charge in [-0.05, 0) is 37.0 Å². The van der Waals surface area contributed by atoms with Crippen molar-refractivity contribution in [1.82, 2.24) is 10.3 Å². The van der Waals surface area contributed by atoms with Crippen molar-refractivity contribution >= 4 is 28.6 Å². The number of rotatable bonds is 7. The molecule has 0 atom stereocenters. The number of carbonyl (C=O) groups excluding carboxylic acids is 1. The van der Waals surface area contributed by atoms with Gasteiger partial charge in [0.25, 0.3) is 5.91 Å². The van der Waals surface area contributed by atoms with Crippen molar-refractivity contribution in [2.75, 3.05) is 18.6 Å². The highest BCUT2D eigenvalue weighted by Crippen LogP contribution is 2.16. The lowest BCUT2D eigenvalue weighted by molar-refractivity contribution is 0.0954. The van der Waals surface area contributed by atoms with Crippen LogP contribution in [-0.2, 0) is 0 Å². The van der Waals surface area contributed by atoms with E-state index in [0.29, 0.717) is 0 Å². The van der Waals surface area contributed by atoms with Gasteiger partial charge < -0.3 is 10.3 Å². The van der Waals surface area contributed by atoms with Crippen molar-refractivity contribution in [3.8, 4) is 0 Å². The molecule has 0 unspecified atom stereocenters. The van der Waals surface area contributed by atoms with Crippen LogP contribution in [0, 0.1) is 0 Å². The fourth-order valence-corrected chi connectivity index (χ4v) is 2.61. The zero-order valence-corrected chi connectivity index (χ0v) is 12.1. The number of hydrogen-bond donors (Lipinski definition) is 2. The van der Waals surface area contributed by atoms with Crippen LogP contribution >= 0.6 is 11.8 Å². The number of hydrogen-bond acceptors (Lipinski definition) is 2. The second kappa shape index (κ2) is 7.24. The molecule has 0 radical (unpaired) electrons. The second-order valence-corrected chi connectivity index (χ2v) is 5.54. The highest BCUT2D eigenvalue weighted by molar-refractivity contribution is 7.98. The van der Waals surface area contributed by atoms with Crippen LogP contribution in [-0.4, -0.2) is 29.4 Å². The highest BCUT2D eigenvalue weighted by atomic mass is 32.2. The van der Waals surface area contributed by atoms with Crippen LogP contribution in [0.2, 0.25) is 0 Å². The monoisotopic (exact) mass is 276 g/mol. The first-order valence-electron chi connectivity index (χ1n) is 6.66. The number of fused-ring (bicyclic) bond motifs is 1. The van der Waals surface area contributed by atoms with E-state index in [9.17, 15) is 4.79 Å². The zero-order chi connectivity index (χ0) is 13.5. The van der Waals surface area contributed by atoms with Gasteiger partial charge in [-0.1, -0.05) is 18.6 Å². The highest BCUT2D eigenvalue weighted by Gasteiger charge is 2.09. The molecule has 4 heteroatoms. The number of benzene rings is 1. The number of aromatic nitrogens is 1. The fraction of sp³-hybridized carbons (Fsp3) is 0.400. The second-order valence-electron chi connectivity index (χ2n) is 4.56. The van der Waals surface area contributed by atoms with E-state index in [4.69, 9.17) is 0 Å². The largest absolute Gasteiger partial charge is 0.361 e. The molecule has 0 saturated heterocycles. The summed E-state index contributed by atoms with van der Waals surface area (Å²) >= 11 is 1.87. The topological polar surface area (TPSA) is 44.9 Å². The third kappa shape index (κ3) is 3.77. The van der Waals surface area contributed by atoms with Crippen LogP contribution in [0.15, 0.2) is 30.5 Å². The van der Waals surface area contributed by atoms with Crippen molar-refractivity contribution in [1.29, 1.82) is 0 Å². The molecule has 2 aromatic rings. The number of unbranched alkanes of at least 4 members (excludes halogenated alkanes) is 2. The van der Waals surface area contributed by atoms with Crippen molar-refractivity contribution in [3.05, 3.63) is 36.0 Å². The summed E-state index contributed by atoms with van der Waals surface area (Å²) in [5.41, 5.74) is 1.65. The van der Waals surface area contributed by atoms with Crippen LogP contribution in [0.5, 0.6) is 0 Å². The van der Waals surface area contributed by atoms with Crippen molar-refractivity contribution < 1.29 is 4.79 Å². The molecular formula is C15H20N2OS. The van der Waals surface area contributed by atoms with Gasteiger partial charge in [-0.15, -0.1) is 0 Å². The summed E-state index contributed by atoms with van der Waals surface area (Å²) < 4.78 is 0. The van der Waals surface area contributed by atoms with E-state index >= 15 is 0 Å². The molecule has 1 aromatic heterocycles. The average molecular weight is 276 g/mol. The first kappa shape index (κ1) is 14.0. The fourth-order valence-electron chi connectivity index (χ4n) is 2.12. The van der Waals surface area contributed by atoms with Crippen molar-refractivity contribution in [2.24, 2.45) is 0 Å². The first-order chi connectivity index (χ1) is 9.33. The summed E-state index contributed by atoms with van der Waals surface area (Å²) in [6, 6.07) is 7.77. The first-order valence-corrected chi connectivity index (χ1v) is 8.05. The van der Waals surface area contributed by atoms with Gasteiger partial charge in [0.2, 0.25) is 0 Å². The van der Waals surface area contributed by atoms with E-state index in [0.717, 1.165) is 29.4 Å². The Morgan fingerprint density at radius 3 is 3.00 bits per heavy atom. The molecule has 0 saturated carbocycles. The Balaban J connectivity index is 1.85. The minimum absolute atomic E-state index is 0.0120. The number of para-hydroxylation sites is 1. The minimum Gasteiger partial charge on any atom is -0.361 e. The molecule has 0 aliphatic carbocycles. The van der Waals surface area contributed by atoms with E-state index in [2.05, 4.69) is 16.6 Å². The van der Waals surface area contributed by atoms with Crippen LogP contribution in [0.3, 0.4) is 0 Å². The Morgan fingerprint density at radius 1 is 1.26 bits per heavy atom. The van der Waals surface area contributed by atoms with Gasteiger partial charge in [0, 0.05) is 18.1 Å². The summed E-state index contributed by atoms with van der Waals surface area (Å²) in [4.78, 5) is 15.2. The maximum absolute atomic E-state index is 12.1. The molecule has 3 nitrogen and oxygen atoms in total. The van der Waals surface area contributed by atoms with Crippen LogP contribution in [0.25, 0.3) is 10.9 Å². The lowest BCUT2D eigenvalue weighted by Crippen LogP contribution is -2.24. The van der Waals surface area contributed by atoms with Crippen LogP contribution in [0.1, 0.15) is 29.6 Å². The third-order valence-corrected chi connectivity index (χ3v) is 3.84. The molecule has 0 spiro atoms. The number of aromatic amines is 1. The Kier molecular flexibility index (Phi) is 5.33. The normalized spacial score (nSPS) is 10.8. The van der Waals surface area contributed by atoms with Gasteiger partial charge in [-0.3, -0.25) is 4.79 Å². The Morgan fingerprint density at radius 2 is 2.16 bits per heavy atom. The lowest BCUT2D eigenvalue weighted by atomic mass is 10.1. The van der Waals surface area contributed by atoms with Crippen molar-refractivity contribution in [2.45, 2.75) is 19.3 Å². The quantitative estimate of drug-likeness (QED) is 0.761. The molecule has 1 heterocycles. The van der Waals surface area contributed by atoms with Gasteiger partial charge in [0.05, 0.1) is 11.1 Å². The standard InChI is InChI=1S/C15H20N2OS/c1-19-11-4-2-3-9-17-15(18)13-7-5-6-12-8-10-16-14(12)13/h5-8,10,16H,2-4,9,11H2,1H3,(H,17,18). The molecule has 102 valence electrons. The SMILES string of the molecule is CSCCCCCNC(=O)c1cccc2cc[nH]c12. The number of carbonyl (C=O) groups is 1. The average Bonchev–Trinajstić information content (AvgIpc) is 2.90. The molecule has 0 bridgehead atoms. The molecule has 0 fully saturated rings. The summed E-state index contributed by atoms with van der Waals surface area (Å²) in [5.74, 6) is 1.22. The predicted octanol–water partition coefficient (Wildman–Crippen LogP) is 3.43. The Labute approximate surface area is 118 Å². The van der Waals surface area contributed by atoms with E-state index in [1.165, 1.54) is 18.6 Å². The summed E-state index contributed by atoms with van der Waals surface area (Å²) in [6.07, 6.45) is 7.44. The summed E-state index contributed by atoms with van der Waals surface area (Å²) in [7, 11) is 0. The molecule has 2 rings (SSSR count).